The van der Waals surface area contributed by atoms with E-state index in [-0.39, 0.29) is 18.1 Å². The summed E-state index contributed by atoms with van der Waals surface area (Å²) in [6.07, 6.45) is -5.58. The van der Waals surface area contributed by atoms with E-state index in [2.05, 4.69) is 0 Å². The van der Waals surface area contributed by atoms with Crippen molar-refractivity contribution in [2.75, 3.05) is 5.73 Å². The van der Waals surface area contributed by atoms with Crippen molar-refractivity contribution in [3.63, 3.8) is 0 Å². The zero-order chi connectivity index (χ0) is 11.0. The van der Waals surface area contributed by atoms with Crippen LogP contribution < -0.4 is 5.73 Å². The second-order valence-electron chi connectivity index (χ2n) is 2.69. The first-order chi connectivity index (χ1) is 6.25. The lowest BCUT2D eigenvalue weighted by Gasteiger charge is -2.19. The van der Waals surface area contributed by atoms with E-state index in [1.807, 2.05) is 0 Å². The van der Waals surface area contributed by atoms with Crippen LogP contribution in [0.25, 0.3) is 0 Å². The van der Waals surface area contributed by atoms with Crippen LogP contribution in [0.3, 0.4) is 0 Å². The second kappa shape index (κ2) is 4.22. The normalized spacial score (nSPS) is 12.1. The molecule has 0 heterocycles. The molecule has 1 aromatic carbocycles. The smallest absolute Gasteiger partial charge is 0.399 e. The molecule has 2 N–H and O–H groups in total. The Kier molecular flexibility index (Phi) is 3.93. The third kappa shape index (κ3) is 2.71. The summed E-state index contributed by atoms with van der Waals surface area (Å²) in [7, 11) is 0. The van der Waals surface area contributed by atoms with Gasteiger partial charge in [0.15, 0.2) is 0 Å². The summed E-state index contributed by atoms with van der Waals surface area (Å²) in [4.78, 5) is 0. The molecule has 7 heteroatoms. The van der Waals surface area contributed by atoms with Gasteiger partial charge in [-0.25, -0.2) is 0 Å². The van der Waals surface area contributed by atoms with Crippen molar-refractivity contribution in [3.8, 4) is 0 Å². The lowest BCUT2D eigenvalue weighted by atomic mass is 10.1. The van der Waals surface area contributed by atoms with Crippen molar-refractivity contribution in [3.05, 3.63) is 29.8 Å². The maximum atomic E-state index is 12.6. The number of nitrogens with two attached hydrogens (primary N) is 1. The topological polar surface area (TPSA) is 26.0 Å². The molecule has 1 rings (SSSR count). The molecule has 0 radical (unpaired) electrons. The van der Waals surface area contributed by atoms with Crippen molar-refractivity contribution in [1.82, 2.24) is 0 Å². The van der Waals surface area contributed by atoms with Crippen LogP contribution in [0.1, 0.15) is 5.56 Å². The largest absolute Gasteiger partial charge is 0.458 e. The number of halogens is 6. The summed E-state index contributed by atoms with van der Waals surface area (Å²) < 4.78 is 60.8. The van der Waals surface area contributed by atoms with Gasteiger partial charge in [-0.2, -0.15) is 22.0 Å². The molecule has 1 nitrogen and oxygen atoms in total. The van der Waals surface area contributed by atoms with E-state index in [1.54, 1.807) is 0 Å². The Morgan fingerprint density at radius 3 is 1.60 bits per heavy atom. The van der Waals surface area contributed by atoms with E-state index in [0.717, 1.165) is 12.1 Å². The van der Waals surface area contributed by atoms with Gasteiger partial charge in [0.05, 0.1) is 0 Å². The highest BCUT2D eigenvalue weighted by Crippen LogP contribution is 2.43. The van der Waals surface area contributed by atoms with Crippen LogP contribution in [0, 0.1) is 0 Å². The first kappa shape index (κ1) is 14.0. The molecule has 0 aliphatic heterocycles. The highest BCUT2D eigenvalue weighted by molar-refractivity contribution is 5.85. The van der Waals surface area contributed by atoms with Crippen molar-refractivity contribution in [1.29, 1.82) is 0 Å². The van der Waals surface area contributed by atoms with Gasteiger partial charge in [-0.3, -0.25) is 0 Å². The summed E-state index contributed by atoms with van der Waals surface area (Å²) in [5.41, 5.74) is 4.17. The first-order valence-corrected chi connectivity index (χ1v) is 3.55. The highest BCUT2D eigenvalue weighted by Gasteiger charge is 2.58. The Hall–Kier alpha value is -1.04. The summed E-state index contributed by atoms with van der Waals surface area (Å²) in [6.45, 7) is 0. The monoisotopic (exact) mass is 247 g/mol. The van der Waals surface area contributed by atoms with Gasteiger partial charge in [0.25, 0.3) is 0 Å². The molecule has 0 saturated carbocycles. The maximum Gasteiger partial charge on any atom is 0.458 e. The Morgan fingerprint density at radius 1 is 0.867 bits per heavy atom. The van der Waals surface area contributed by atoms with Crippen molar-refractivity contribution >= 4 is 18.1 Å². The lowest BCUT2D eigenvalue weighted by Crippen LogP contribution is -2.33. The van der Waals surface area contributed by atoms with Crippen molar-refractivity contribution < 1.29 is 22.0 Å². The number of nitrogen functional groups attached to an aromatic ring is 1. The zero-order valence-corrected chi connectivity index (χ0v) is 8.00. The van der Waals surface area contributed by atoms with Crippen LogP contribution in [0.5, 0.6) is 0 Å². The number of hydrogen-bond acceptors (Lipinski definition) is 1. The van der Waals surface area contributed by atoms with Crippen molar-refractivity contribution in [2.24, 2.45) is 0 Å². The van der Waals surface area contributed by atoms with Crippen LogP contribution in [-0.2, 0) is 5.92 Å². The molecule has 0 aromatic heterocycles. The van der Waals surface area contributed by atoms with E-state index in [1.165, 1.54) is 0 Å². The molecular formula is C8H7ClF5N. The minimum absolute atomic E-state index is 0. The second-order valence-corrected chi connectivity index (χ2v) is 2.69. The van der Waals surface area contributed by atoms with Gasteiger partial charge >= 0.3 is 12.1 Å². The van der Waals surface area contributed by atoms with Gasteiger partial charge in [-0.1, -0.05) is 12.1 Å². The molecule has 0 aliphatic rings. The van der Waals surface area contributed by atoms with Crippen LogP contribution in [0.2, 0.25) is 0 Å². The van der Waals surface area contributed by atoms with Crippen LogP contribution in [0.4, 0.5) is 27.6 Å². The Balaban J connectivity index is 0.00000196. The predicted molar refractivity (Wildman–Crippen MR) is 48.1 cm³/mol. The zero-order valence-electron chi connectivity index (χ0n) is 7.18. The van der Waals surface area contributed by atoms with Crippen LogP contribution in [0.15, 0.2) is 24.3 Å². The third-order valence-corrected chi connectivity index (χ3v) is 1.63. The molecule has 0 saturated heterocycles. The molecule has 15 heavy (non-hydrogen) atoms. The summed E-state index contributed by atoms with van der Waals surface area (Å²) >= 11 is 0. The van der Waals surface area contributed by atoms with Crippen molar-refractivity contribution in [2.45, 2.75) is 12.1 Å². The Labute approximate surface area is 88.5 Å². The van der Waals surface area contributed by atoms with Gasteiger partial charge < -0.3 is 5.73 Å². The molecular weight excluding hydrogens is 241 g/mol. The predicted octanol–water partition coefficient (Wildman–Crippen LogP) is 3.34. The molecule has 0 spiro atoms. The summed E-state index contributed by atoms with van der Waals surface area (Å²) in [6, 6.07) is 3.30. The molecule has 0 bridgehead atoms. The number of rotatable bonds is 1. The SMILES string of the molecule is Cl.Nc1ccc(C(F)(F)C(F)(F)F)cc1. The number of alkyl halides is 5. The fourth-order valence-corrected chi connectivity index (χ4v) is 0.856. The van der Waals surface area contributed by atoms with E-state index in [4.69, 9.17) is 5.73 Å². The average molecular weight is 248 g/mol. The molecule has 0 aliphatic carbocycles. The van der Waals surface area contributed by atoms with Gasteiger partial charge in [0.2, 0.25) is 0 Å². The van der Waals surface area contributed by atoms with Gasteiger partial charge in [-0.15, -0.1) is 12.4 Å². The van der Waals surface area contributed by atoms with Gasteiger partial charge in [-0.05, 0) is 12.1 Å². The summed E-state index contributed by atoms with van der Waals surface area (Å²) in [5.74, 6) is -4.83. The minimum atomic E-state index is -5.58. The van der Waals surface area contributed by atoms with E-state index >= 15 is 0 Å². The minimum Gasteiger partial charge on any atom is -0.399 e. The quantitative estimate of drug-likeness (QED) is 0.598. The van der Waals surface area contributed by atoms with E-state index < -0.39 is 17.7 Å². The fraction of sp³-hybridized carbons (Fsp3) is 0.250. The fourth-order valence-electron chi connectivity index (χ4n) is 0.856. The van der Waals surface area contributed by atoms with E-state index in [0.29, 0.717) is 12.1 Å². The molecule has 86 valence electrons. The first-order valence-electron chi connectivity index (χ1n) is 3.55. The van der Waals surface area contributed by atoms with Gasteiger partial charge in [0.1, 0.15) is 0 Å². The van der Waals surface area contributed by atoms with E-state index in [9.17, 15) is 22.0 Å². The molecule has 0 unspecified atom stereocenters. The van der Waals surface area contributed by atoms with Crippen LogP contribution >= 0.6 is 12.4 Å². The number of anilines is 1. The molecule has 0 fully saturated rings. The molecule has 0 atom stereocenters. The lowest BCUT2D eigenvalue weighted by molar-refractivity contribution is -0.289. The third-order valence-electron chi connectivity index (χ3n) is 1.63. The maximum absolute atomic E-state index is 12.6. The number of benzene rings is 1. The molecule has 0 amide bonds. The average Bonchev–Trinajstić information content (AvgIpc) is 2.03. The molecule has 1 aromatic rings. The number of hydrogen-bond donors (Lipinski definition) is 1. The summed E-state index contributed by atoms with van der Waals surface area (Å²) in [5, 5.41) is 0. The Morgan fingerprint density at radius 2 is 1.27 bits per heavy atom. The van der Waals surface area contributed by atoms with Gasteiger partial charge in [0, 0.05) is 11.3 Å². The standard InChI is InChI=1S/C8H6F5N.ClH/c9-7(10,8(11,12)13)5-1-3-6(14)4-2-5;/h1-4H,14H2;1H. The highest BCUT2D eigenvalue weighted by atomic mass is 35.5. The Bertz CT molecular complexity index is 319. The van der Waals surface area contributed by atoms with Crippen LogP contribution in [-0.4, -0.2) is 6.18 Å².